The Balaban J connectivity index is 2.71. The van der Waals surface area contributed by atoms with Crippen LogP contribution in [0.5, 0.6) is 5.75 Å². The van der Waals surface area contributed by atoms with E-state index in [0.717, 1.165) is 17.3 Å². The number of aliphatic imine (C=N–C) groups is 1. The quantitative estimate of drug-likeness (QED) is 0.590. The van der Waals surface area contributed by atoms with E-state index >= 15 is 0 Å². The fourth-order valence-corrected chi connectivity index (χ4v) is 2.33. The van der Waals surface area contributed by atoms with Gasteiger partial charge in [0.1, 0.15) is 5.75 Å². The van der Waals surface area contributed by atoms with Crippen LogP contribution in [-0.4, -0.2) is 51.1 Å². The molecule has 0 fully saturated rings. The summed E-state index contributed by atoms with van der Waals surface area (Å²) in [4.78, 5) is 18.4. The topological polar surface area (TPSA) is 66.0 Å². The largest absolute Gasteiger partial charge is 0.496 e. The Morgan fingerprint density at radius 3 is 2.54 bits per heavy atom. The second-order valence-corrected chi connectivity index (χ2v) is 6.31. The maximum absolute atomic E-state index is 12.1. The highest BCUT2D eigenvalue weighted by Crippen LogP contribution is 2.19. The number of guanidine groups is 1. The Morgan fingerprint density at radius 1 is 1.29 bits per heavy atom. The Kier molecular flexibility index (Phi) is 7.55. The standard InChI is InChI=1S/C18H30N4O2/c1-7-20-16(23)18(2,3)13-21-17(19-4)22(5)12-14-10-8-9-11-15(14)24-6/h8-11H,7,12-13H2,1-6H3,(H,19,21)(H,20,23). The minimum atomic E-state index is -0.517. The van der Waals surface area contributed by atoms with Gasteiger partial charge in [-0.2, -0.15) is 0 Å². The average Bonchev–Trinajstić information content (AvgIpc) is 2.56. The molecule has 6 nitrogen and oxygen atoms in total. The Morgan fingerprint density at radius 2 is 1.96 bits per heavy atom. The van der Waals surface area contributed by atoms with Crippen LogP contribution in [0.2, 0.25) is 0 Å². The van der Waals surface area contributed by atoms with Gasteiger partial charge in [-0.3, -0.25) is 9.79 Å². The molecule has 0 heterocycles. The van der Waals surface area contributed by atoms with Gasteiger partial charge in [0.25, 0.3) is 0 Å². The van der Waals surface area contributed by atoms with Crippen molar-refractivity contribution in [3.8, 4) is 5.75 Å². The second kappa shape index (κ2) is 9.15. The van der Waals surface area contributed by atoms with Crippen molar-refractivity contribution in [1.82, 2.24) is 15.5 Å². The number of nitrogens with one attached hydrogen (secondary N) is 2. The van der Waals surface area contributed by atoms with Gasteiger partial charge in [-0.1, -0.05) is 18.2 Å². The van der Waals surface area contributed by atoms with E-state index in [1.165, 1.54) is 0 Å². The van der Waals surface area contributed by atoms with Crippen molar-refractivity contribution in [2.45, 2.75) is 27.3 Å². The summed E-state index contributed by atoms with van der Waals surface area (Å²) in [6, 6.07) is 7.91. The van der Waals surface area contributed by atoms with E-state index < -0.39 is 5.41 Å². The predicted molar refractivity (Wildman–Crippen MR) is 98.3 cm³/mol. The number of amides is 1. The molecule has 0 bridgehead atoms. The van der Waals surface area contributed by atoms with Crippen molar-refractivity contribution in [1.29, 1.82) is 0 Å². The minimum Gasteiger partial charge on any atom is -0.496 e. The van der Waals surface area contributed by atoms with Crippen molar-refractivity contribution in [3.63, 3.8) is 0 Å². The molecule has 2 N–H and O–H groups in total. The Hall–Kier alpha value is -2.24. The molecule has 0 radical (unpaired) electrons. The third kappa shape index (κ3) is 5.44. The molecule has 0 aliphatic heterocycles. The van der Waals surface area contributed by atoms with E-state index in [4.69, 9.17) is 4.74 Å². The fraction of sp³-hybridized carbons (Fsp3) is 0.556. The first kappa shape index (κ1) is 19.8. The molecule has 0 aromatic heterocycles. The molecule has 24 heavy (non-hydrogen) atoms. The lowest BCUT2D eigenvalue weighted by Gasteiger charge is -2.28. The zero-order valence-electron chi connectivity index (χ0n) is 15.6. The number of carbonyl (C=O) groups excluding carboxylic acids is 1. The first-order chi connectivity index (χ1) is 11.4. The van der Waals surface area contributed by atoms with Crippen molar-refractivity contribution in [3.05, 3.63) is 29.8 Å². The molecule has 134 valence electrons. The lowest BCUT2D eigenvalue weighted by Crippen LogP contribution is -2.48. The van der Waals surface area contributed by atoms with Gasteiger partial charge in [0.2, 0.25) is 5.91 Å². The smallest absolute Gasteiger partial charge is 0.227 e. The highest BCUT2D eigenvalue weighted by atomic mass is 16.5. The van der Waals surface area contributed by atoms with Crippen molar-refractivity contribution >= 4 is 11.9 Å². The Bertz CT molecular complexity index is 570. The number of hydrogen-bond donors (Lipinski definition) is 2. The molecule has 0 aliphatic rings. The van der Waals surface area contributed by atoms with E-state index in [0.29, 0.717) is 19.6 Å². The molecule has 0 aliphatic carbocycles. The number of para-hydroxylation sites is 1. The molecule has 1 rings (SSSR count). The normalized spacial score (nSPS) is 11.8. The van der Waals surface area contributed by atoms with Crippen LogP contribution >= 0.6 is 0 Å². The number of benzene rings is 1. The van der Waals surface area contributed by atoms with Crippen LogP contribution in [0.25, 0.3) is 0 Å². The van der Waals surface area contributed by atoms with Crippen LogP contribution in [-0.2, 0) is 11.3 Å². The van der Waals surface area contributed by atoms with Gasteiger partial charge in [-0.25, -0.2) is 0 Å². The molecule has 6 heteroatoms. The molecular weight excluding hydrogens is 304 g/mol. The van der Waals surface area contributed by atoms with Gasteiger partial charge < -0.3 is 20.3 Å². The zero-order chi connectivity index (χ0) is 18.2. The van der Waals surface area contributed by atoms with E-state index in [9.17, 15) is 4.79 Å². The summed E-state index contributed by atoms with van der Waals surface area (Å²) in [6.45, 7) is 7.54. The summed E-state index contributed by atoms with van der Waals surface area (Å²) in [5.41, 5.74) is 0.561. The van der Waals surface area contributed by atoms with Crippen molar-refractivity contribution in [2.75, 3.05) is 34.3 Å². The average molecular weight is 334 g/mol. The summed E-state index contributed by atoms with van der Waals surface area (Å²) in [6.07, 6.45) is 0. The third-order valence-corrected chi connectivity index (χ3v) is 3.81. The van der Waals surface area contributed by atoms with Crippen LogP contribution in [0.3, 0.4) is 0 Å². The number of carbonyl (C=O) groups is 1. The molecule has 0 atom stereocenters. The summed E-state index contributed by atoms with van der Waals surface area (Å²) in [5.74, 6) is 1.61. The lowest BCUT2D eigenvalue weighted by atomic mass is 9.92. The highest BCUT2D eigenvalue weighted by Gasteiger charge is 2.27. The highest BCUT2D eigenvalue weighted by molar-refractivity contribution is 5.84. The van der Waals surface area contributed by atoms with Crippen LogP contribution in [0.1, 0.15) is 26.3 Å². The van der Waals surface area contributed by atoms with Crippen molar-refractivity contribution in [2.24, 2.45) is 10.4 Å². The molecule has 0 saturated carbocycles. The summed E-state index contributed by atoms with van der Waals surface area (Å²) in [5, 5.41) is 6.14. The van der Waals surface area contributed by atoms with E-state index in [2.05, 4.69) is 15.6 Å². The van der Waals surface area contributed by atoms with Crippen LogP contribution in [0.4, 0.5) is 0 Å². The number of ether oxygens (including phenoxy) is 1. The molecule has 1 aromatic rings. The van der Waals surface area contributed by atoms with Crippen LogP contribution in [0.15, 0.2) is 29.3 Å². The minimum absolute atomic E-state index is 0.0281. The molecular formula is C18H30N4O2. The maximum Gasteiger partial charge on any atom is 0.227 e. The molecule has 0 saturated heterocycles. The molecule has 0 unspecified atom stereocenters. The lowest BCUT2D eigenvalue weighted by molar-refractivity contribution is -0.128. The number of methoxy groups -OCH3 is 1. The van der Waals surface area contributed by atoms with Gasteiger partial charge in [-0.05, 0) is 26.8 Å². The van der Waals surface area contributed by atoms with E-state index in [1.54, 1.807) is 14.2 Å². The molecule has 0 spiro atoms. The maximum atomic E-state index is 12.1. The number of hydrogen-bond acceptors (Lipinski definition) is 3. The third-order valence-electron chi connectivity index (χ3n) is 3.81. The second-order valence-electron chi connectivity index (χ2n) is 6.31. The van der Waals surface area contributed by atoms with Crippen LogP contribution < -0.4 is 15.4 Å². The zero-order valence-corrected chi connectivity index (χ0v) is 15.6. The van der Waals surface area contributed by atoms with Gasteiger partial charge in [-0.15, -0.1) is 0 Å². The Labute approximate surface area is 145 Å². The molecule has 1 amide bonds. The monoisotopic (exact) mass is 334 g/mol. The van der Waals surface area contributed by atoms with E-state index in [1.807, 2.05) is 57.0 Å². The van der Waals surface area contributed by atoms with Gasteiger partial charge in [0.05, 0.1) is 12.5 Å². The van der Waals surface area contributed by atoms with Gasteiger partial charge in [0, 0.05) is 39.3 Å². The van der Waals surface area contributed by atoms with Crippen molar-refractivity contribution < 1.29 is 9.53 Å². The summed E-state index contributed by atoms with van der Waals surface area (Å²) in [7, 11) is 5.36. The summed E-state index contributed by atoms with van der Waals surface area (Å²) < 4.78 is 5.39. The van der Waals surface area contributed by atoms with Gasteiger partial charge in [0.15, 0.2) is 5.96 Å². The number of nitrogens with zero attached hydrogens (tertiary/aromatic N) is 2. The first-order valence-corrected chi connectivity index (χ1v) is 8.17. The number of rotatable bonds is 7. The van der Waals surface area contributed by atoms with Gasteiger partial charge >= 0.3 is 0 Å². The summed E-state index contributed by atoms with van der Waals surface area (Å²) >= 11 is 0. The van der Waals surface area contributed by atoms with E-state index in [-0.39, 0.29) is 5.91 Å². The fourth-order valence-electron chi connectivity index (χ4n) is 2.33. The molecule has 1 aromatic carbocycles. The predicted octanol–water partition coefficient (Wildman–Crippen LogP) is 1.86. The first-order valence-electron chi connectivity index (χ1n) is 8.17. The SMILES string of the molecule is CCNC(=O)C(C)(C)CNC(=NC)N(C)Cc1ccccc1OC. The van der Waals surface area contributed by atoms with Crippen LogP contribution in [0, 0.1) is 5.41 Å².